The van der Waals surface area contributed by atoms with Gasteiger partial charge in [-0.15, -0.1) is 0 Å². The Bertz CT molecular complexity index is 866. The molecule has 0 aromatic rings. The maximum absolute atomic E-state index is 12.8. The largest absolute Gasteiger partial charge is 0.473 e. The first kappa shape index (κ1) is 29.8. The summed E-state index contributed by atoms with van der Waals surface area (Å²) in [5, 5.41) is 0. The van der Waals surface area contributed by atoms with Crippen molar-refractivity contribution in [2.45, 2.75) is 75.7 Å². The molecule has 12 atom stereocenters. The molecular formula is C17H33O15P3. The first-order valence-corrected chi connectivity index (χ1v) is 15.9. The molecule has 3 N–H and O–H groups in total. The fourth-order valence-electron chi connectivity index (χ4n) is 3.98. The molecule has 0 amide bonds. The number of hydrogen-bond acceptors (Lipinski definition) is 12. The Labute approximate surface area is 203 Å². The molecule has 206 valence electrons. The zero-order valence-corrected chi connectivity index (χ0v) is 22.6. The minimum absolute atomic E-state index is 0.167. The molecule has 0 aromatic carbocycles. The zero-order chi connectivity index (χ0) is 26.2. The van der Waals surface area contributed by atoms with Crippen LogP contribution in [0.5, 0.6) is 0 Å². The summed E-state index contributed by atoms with van der Waals surface area (Å²) in [7, 11) is -12.1. The lowest BCUT2D eigenvalue weighted by atomic mass is 10.2. The normalized spacial score (nSPS) is 43.0. The van der Waals surface area contributed by atoms with Crippen LogP contribution in [0.15, 0.2) is 0 Å². The minimum Gasteiger partial charge on any atom is -0.376 e. The van der Waals surface area contributed by atoms with Gasteiger partial charge >= 0.3 is 23.2 Å². The van der Waals surface area contributed by atoms with E-state index in [2.05, 4.69) is 0 Å². The Morgan fingerprint density at radius 1 is 0.629 bits per heavy atom. The number of phosphoric ester groups is 2. The van der Waals surface area contributed by atoms with Crippen molar-refractivity contribution >= 4 is 23.2 Å². The van der Waals surface area contributed by atoms with Crippen molar-refractivity contribution in [3.8, 4) is 0 Å². The summed E-state index contributed by atoms with van der Waals surface area (Å²) in [6.07, 6.45) is -8.38. The summed E-state index contributed by atoms with van der Waals surface area (Å²) in [5.41, 5.74) is 0. The van der Waals surface area contributed by atoms with Crippen LogP contribution in [0.25, 0.3) is 0 Å². The molecule has 3 aliphatic heterocycles. The number of hydrogen-bond donors (Lipinski definition) is 3. The van der Waals surface area contributed by atoms with E-state index in [0.717, 1.165) is 6.66 Å². The lowest BCUT2D eigenvalue weighted by Crippen LogP contribution is -2.36. The maximum atomic E-state index is 12.8. The lowest BCUT2D eigenvalue weighted by molar-refractivity contribution is -0.0259. The standard InChI is InChI=1S/C17H33O15P3/c1-9-15(12(24-4)6-25-9)31-34(20,21)29-14-8-27-11(3)17(14)32-35(22,23)28-13-7-26-10(2)16(13)30-33(5,18)19/h9-17H,6-8H2,1-5H3,(H,18,19)(H,20,21)(H,22,23)/t9?,10?,11?,12-,13-,14-,15+,16+,17+/m0/s1. The van der Waals surface area contributed by atoms with Crippen LogP contribution in [0.3, 0.4) is 0 Å². The van der Waals surface area contributed by atoms with E-state index in [1.54, 1.807) is 13.8 Å². The van der Waals surface area contributed by atoms with Crippen molar-refractivity contribution in [1.29, 1.82) is 0 Å². The van der Waals surface area contributed by atoms with Gasteiger partial charge in [-0.3, -0.25) is 27.2 Å². The van der Waals surface area contributed by atoms with Crippen molar-refractivity contribution in [1.82, 2.24) is 0 Å². The molecule has 0 saturated carbocycles. The Hall–Kier alpha value is 0.210. The molecule has 3 fully saturated rings. The molecular weight excluding hydrogens is 537 g/mol. The highest BCUT2D eigenvalue weighted by Gasteiger charge is 2.49. The predicted molar refractivity (Wildman–Crippen MR) is 117 cm³/mol. The molecule has 18 heteroatoms. The molecule has 0 aromatic heterocycles. The number of ether oxygens (including phenoxy) is 4. The Balaban J connectivity index is 1.64. The van der Waals surface area contributed by atoms with Gasteiger partial charge in [-0.1, -0.05) is 0 Å². The summed E-state index contributed by atoms with van der Waals surface area (Å²) < 4.78 is 84.3. The molecule has 0 bridgehead atoms. The van der Waals surface area contributed by atoms with Crippen molar-refractivity contribution in [2.75, 3.05) is 33.6 Å². The number of methoxy groups -OCH3 is 1. The van der Waals surface area contributed by atoms with Crippen LogP contribution in [0.2, 0.25) is 0 Å². The van der Waals surface area contributed by atoms with Crippen molar-refractivity contribution in [2.24, 2.45) is 0 Å². The summed E-state index contributed by atoms with van der Waals surface area (Å²) >= 11 is 0. The van der Waals surface area contributed by atoms with Crippen LogP contribution >= 0.6 is 23.2 Å². The van der Waals surface area contributed by atoms with Gasteiger partial charge in [-0.05, 0) is 20.8 Å². The van der Waals surface area contributed by atoms with Gasteiger partial charge in [-0.25, -0.2) is 9.13 Å². The third-order valence-electron chi connectivity index (χ3n) is 5.72. The Kier molecular flexibility index (Phi) is 9.80. The van der Waals surface area contributed by atoms with Crippen LogP contribution in [0, 0.1) is 0 Å². The van der Waals surface area contributed by atoms with Crippen LogP contribution in [0.4, 0.5) is 0 Å². The van der Waals surface area contributed by atoms with Gasteiger partial charge in [-0.2, -0.15) is 0 Å². The van der Waals surface area contributed by atoms with E-state index >= 15 is 0 Å². The van der Waals surface area contributed by atoms with Gasteiger partial charge in [0.2, 0.25) is 0 Å². The van der Waals surface area contributed by atoms with Gasteiger partial charge in [0.25, 0.3) is 0 Å². The van der Waals surface area contributed by atoms with E-state index in [0.29, 0.717) is 0 Å². The average molecular weight is 570 g/mol. The summed E-state index contributed by atoms with van der Waals surface area (Å²) in [5.74, 6) is 0. The fourth-order valence-corrected chi connectivity index (χ4v) is 7.12. The first-order chi connectivity index (χ1) is 16.1. The van der Waals surface area contributed by atoms with Gasteiger partial charge in [0.1, 0.15) is 36.6 Å². The summed E-state index contributed by atoms with van der Waals surface area (Å²) in [4.78, 5) is 30.2. The highest BCUT2D eigenvalue weighted by atomic mass is 31.2. The van der Waals surface area contributed by atoms with E-state index in [4.69, 9.17) is 41.6 Å². The molecule has 3 heterocycles. The third-order valence-corrected chi connectivity index (χ3v) is 8.45. The fraction of sp³-hybridized carbons (Fsp3) is 1.00. The molecule has 15 nitrogen and oxygen atoms in total. The smallest absolute Gasteiger partial charge is 0.376 e. The van der Waals surface area contributed by atoms with Crippen molar-refractivity contribution in [3.05, 3.63) is 0 Å². The number of phosphoric acid groups is 2. The van der Waals surface area contributed by atoms with Crippen molar-refractivity contribution < 1.29 is 69.9 Å². The average Bonchev–Trinajstić information content (AvgIpc) is 3.35. The number of rotatable bonds is 11. The molecule has 35 heavy (non-hydrogen) atoms. The van der Waals surface area contributed by atoms with E-state index in [1.807, 2.05) is 0 Å². The second-order valence-electron chi connectivity index (χ2n) is 8.63. The SMILES string of the molecule is CO[C@H]1COC(C)[C@H]1OP(=O)(O)O[C@H]1COC(C)[C@H]1OP(=O)(O)O[C@H]1COC(C)[C@H]1OP(C)(=O)O. The Morgan fingerprint density at radius 2 is 0.971 bits per heavy atom. The van der Waals surface area contributed by atoms with Gasteiger partial charge < -0.3 is 33.6 Å². The van der Waals surface area contributed by atoms with Crippen LogP contribution in [-0.2, 0) is 55.3 Å². The third kappa shape index (κ3) is 8.10. The monoisotopic (exact) mass is 570 g/mol. The van der Waals surface area contributed by atoms with E-state index in [-0.39, 0.29) is 19.8 Å². The Morgan fingerprint density at radius 3 is 1.34 bits per heavy atom. The van der Waals surface area contributed by atoms with E-state index in [1.165, 1.54) is 14.0 Å². The molecule has 0 aliphatic carbocycles. The maximum Gasteiger partial charge on any atom is 0.473 e. The van der Waals surface area contributed by atoms with Crippen LogP contribution in [-0.4, -0.2) is 103 Å². The van der Waals surface area contributed by atoms with Gasteiger partial charge in [0.15, 0.2) is 0 Å². The minimum atomic E-state index is -4.86. The second kappa shape index (κ2) is 11.5. The van der Waals surface area contributed by atoms with Gasteiger partial charge in [0, 0.05) is 13.8 Å². The molecule has 6 unspecified atom stereocenters. The molecule has 0 spiro atoms. The molecule has 0 radical (unpaired) electrons. The van der Waals surface area contributed by atoms with Gasteiger partial charge in [0.05, 0.1) is 38.1 Å². The highest BCUT2D eigenvalue weighted by molar-refractivity contribution is 7.52. The summed E-state index contributed by atoms with van der Waals surface area (Å²) in [6.45, 7) is 5.41. The molecule has 3 aliphatic rings. The van der Waals surface area contributed by atoms with Crippen LogP contribution in [0.1, 0.15) is 20.8 Å². The quantitative estimate of drug-likeness (QED) is 0.300. The van der Waals surface area contributed by atoms with Crippen molar-refractivity contribution in [3.63, 3.8) is 0 Å². The molecule has 3 saturated heterocycles. The lowest BCUT2D eigenvalue weighted by Gasteiger charge is -2.28. The second-order valence-corrected chi connectivity index (χ2v) is 13.2. The first-order valence-electron chi connectivity index (χ1n) is 10.9. The van der Waals surface area contributed by atoms with E-state index < -0.39 is 78.2 Å². The highest BCUT2D eigenvalue weighted by Crippen LogP contribution is 2.54. The predicted octanol–water partition coefficient (Wildman–Crippen LogP) is 1.20. The van der Waals surface area contributed by atoms with Crippen LogP contribution < -0.4 is 0 Å². The summed E-state index contributed by atoms with van der Waals surface area (Å²) in [6, 6.07) is 0. The zero-order valence-electron chi connectivity index (χ0n) is 19.9. The topological polar surface area (TPSA) is 195 Å². The molecule has 3 rings (SSSR count). The van der Waals surface area contributed by atoms with E-state index in [9.17, 15) is 28.4 Å².